The minimum Gasteiger partial charge on any atom is -0.399 e. The Morgan fingerprint density at radius 1 is 1.19 bits per heavy atom. The molecule has 3 heteroatoms. The van der Waals surface area contributed by atoms with Crippen LogP contribution < -0.4 is 11.3 Å². The van der Waals surface area contributed by atoms with Crippen LogP contribution in [-0.2, 0) is 6.54 Å². The number of nitrogens with two attached hydrogens (primary N) is 1. The fourth-order valence-electron chi connectivity index (χ4n) is 1.65. The average molecular weight is 214 g/mol. The van der Waals surface area contributed by atoms with Gasteiger partial charge in [0.2, 0.25) is 0 Å². The molecular formula is C13H14N2O. The lowest BCUT2D eigenvalue weighted by Gasteiger charge is -2.09. The summed E-state index contributed by atoms with van der Waals surface area (Å²) >= 11 is 0. The lowest BCUT2D eigenvalue weighted by molar-refractivity contribution is 0.756. The van der Waals surface area contributed by atoms with Crippen molar-refractivity contribution in [1.29, 1.82) is 0 Å². The van der Waals surface area contributed by atoms with E-state index in [2.05, 4.69) is 0 Å². The van der Waals surface area contributed by atoms with E-state index in [4.69, 9.17) is 5.73 Å². The topological polar surface area (TPSA) is 48.0 Å². The van der Waals surface area contributed by atoms with Crippen LogP contribution in [0, 0.1) is 6.92 Å². The van der Waals surface area contributed by atoms with Crippen molar-refractivity contribution in [2.45, 2.75) is 13.5 Å². The van der Waals surface area contributed by atoms with Crippen molar-refractivity contribution in [2.75, 3.05) is 5.73 Å². The van der Waals surface area contributed by atoms with E-state index in [1.807, 2.05) is 31.2 Å². The zero-order valence-corrected chi connectivity index (χ0v) is 9.18. The first kappa shape index (κ1) is 10.5. The van der Waals surface area contributed by atoms with Crippen LogP contribution in [-0.4, -0.2) is 4.57 Å². The van der Waals surface area contributed by atoms with Gasteiger partial charge in [-0.15, -0.1) is 0 Å². The van der Waals surface area contributed by atoms with Gasteiger partial charge in [-0.3, -0.25) is 4.79 Å². The molecular weight excluding hydrogens is 200 g/mol. The molecule has 1 heterocycles. The van der Waals surface area contributed by atoms with Gasteiger partial charge >= 0.3 is 0 Å². The van der Waals surface area contributed by atoms with Crippen molar-refractivity contribution < 1.29 is 0 Å². The van der Waals surface area contributed by atoms with Gasteiger partial charge in [-0.25, -0.2) is 0 Å². The zero-order chi connectivity index (χ0) is 11.5. The summed E-state index contributed by atoms with van der Waals surface area (Å²) in [5, 5.41) is 0. The van der Waals surface area contributed by atoms with Gasteiger partial charge in [-0.1, -0.05) is 18.2 Å². The molecule has 2 rings (SSSR count). The summed E-state index contributed by atoms with van der Waals surface area (Å²) in [5.41, 5.74) is 8.71. The van der Waals surface area contributed by atoms with Crippen LogP contribution in [0.25, 0.3) is 0 Å². The van der Waals surface area contributed by atoms with Gasteiger partial charge in [0, 0.05) is 18.0 Å². The van der Waals surface area contributed by atoms with Crippen molar-refractivity contribution >= 4 is 5.69 Å². The number of anilines is 1. The van der Waals surface area contributed by atoms with Gasteiger partial charge < -0.3 is 10.3 Å². The molecule has 0 saturated heterocycles. The Labute approximate surface area is 94.1 Å². The van der Waals surface area contributed by atoms with Gasteiger partial charge in [-0.2, -0.15) is 0 Å². The lowest BCUT2D eigenvalue weighted by Crippen LogP contribution is -2.18. The SMILES string of the molecule is Cc1c(N)cccc1Cn1ccccc1=O. The van der Waals surface area contributed by atoms with Crippen LogP contribution in [0.3, 0.4) is 0 Å². The highest BCUT2D eigenvalue weighted by Crippen LogP contribution is 2.15. The maximum Gasteiger partial charge on any atom is 0.250 e. The molecule has 3 nitrogen and oxygen atoms in total. The highest BCUT2D eigenvalue weighted by Gasteiger charge is 2.02. The summed E-state index contributed by atoms with van der Waals surface area (Å²) in [7, 11) is 0. The predicted molar refractivity (Wildman–Crippen MR) is 65.4 cm³/mol. The number of hydrogen-bond acceptors (Lipinski definition) is 2. The molecule has 1 aromatic heterocycles. The van der Waals surface area contributed by atoms with Crippen LogP contribution >= 0.6 is 0 Å². The van der Waals surface area contributed by atoms with Crippen LogP contribution in [0.5, 0.6) is 0 Å². The van der Waals surface area contributed by atoms with Crippen molar-refractivity contribution in [3.63, 3.8) is 0 Å². The minimum absolute atomic E-state index is 0.00400. The quantitative estimate of drug-likeness (QED) is 0.775. The number of nitrogen functional groups attached to an aromatic ring is 1. The van der Waals surface area contributed by atoms with E-state index >= 15 is 0 Å². The Balaban J connectivity index is 2.38. The van der Waals surface area contributed by atoms with Gasteiger partial charge in [-0.05, 0) is 30.2 Å². The number of aromatic nitrogens is 1. The molecule has 0 aliphatic carbocycles. The second-order valence-electron chi connectivity index (χ2n) is 3.80. The minimum atomic E-state index is 0.00400. The molecule has 82 valence electrons. The third-order valence-electron chi connectivity index (χ3n) is 2.73. The van der Waals surface area contributed by atoms with E-state index in [0.29, 0.717) is 6.54 Å². The Morgan fingerprint density at radius 3 is 2.75 bits per heavy atom. The maximum atomic E-state index is 11.6. The highest BCUT2D eigenvalue weighted by molar-refractivity contribution is 5.49. The zero-order valence-electron chi connectivity index (χ0n) is 9.18. The average Bonchev–Trinajstić information content (AvgIpc) is 2.28. The molecule has 0 atom stereocenters. The molecule has 2 aromatic rings. The molecule has 0 amide bonds. The smallest absolute Gasteiger partial charge is 0.250 e. The lowest BCUT2D eigenvalue weighted by atomic mass is 10.1. The second-order valence-corrected chi connectivity index (χ2v) is 3.80. The standard InChI is InChI=1S/C13H14N2O/c1-10-11(5-4-6-12(10)14)9-15-8-3-2-7-13(15)16/h2-8H,9,14H2,1H3. The maximum absolute atomic E-state index is 11.6. The number of nitrogens with zero attached hydrogens (tertiary/aromatic N) is 1. The molecule has 16 heavy (non-hydrogen) atoms. The van der Waals surface area contributed by atoms with Crippen LogP contribution in [0.1, 0.15) is 11.1 Å². The van der Waals surface area contributed by atoms with Crippen molar-refractivity contribution in [1.82, 2.24) is 4.57 Å². The Morgan fingerprint density at radius 2 is 2.00 bits per heavy atom. The Kier molecular flexibility index (Phi) is 2.77. The van der Waals surface area contributed by atoms with E-state index in [-0.39, 0.29) is 5.56 Å². The fraction of sp³-hybridized carbons (Fsp3) is 0.154. The summed E-state index contributed by atoms with van der Waals surface area (Å²) in [6, 6.07) is 10.9. The molecule has 0 saturated carbocycles. The van der Waals surface area contributed by atoms with Crippen LogP contribution in [0.4, 0.5) is 5.69 Å². The molecule has 2 N–H and O–H groups in total. The third kappa shape index (κ3) is 1.98. The second kappa shape index (κ2) is 4.23. The number of hydrogen-bond donors (Lipinski definition) is 1. The van der Waals surface area contributed by atoms with E-state index in [1.54, 1.807) is 22.9 Å². The molecule has 1 aromatic carbocycles. The summed E-state index contributed by atoms with van der Waals surface area (Å²) in [6.45, 7) is 2.54. The van der Waals surface area contributed by atoms with E-state index in [0.717, 1.165) is 16.8 Å². The summed E-state index contributed by atoms with van der Waals surface area (Å²) < 4.78 is 1.67. The first-order valence-corrected chi connectivity index (χ1v) is 5.18. The summed E-state index contributed by atoms with van der Waals surface area (Å²) in [4.78, 5) is 11.6. The van der Waals surface area contributed by atoms with E-state index < -0.39 is 0 Å². The van der Waals surface area contributed by atoms with Gasteiger partial charge in [0.05, 0.1) is 6.54 Å². The summed E-state index contributed by atoms with van der Waals surface area (Å²) in [5.74, 6) is 0. The van der Waals surface area contributed by atoms with Crippen molar-refractivity contribution in [3.8, 4) is 0 Å². The highest BCUT2D eigenvalue weighted by atomic mass is 16.1. The first-order chi connectivity index (χ1) is 7.68. The van der Waals surface area contributed by atoms with E-state index in [9.17, 15) is 4.79 Å². The number of benzene rings is 1. The van der Waals surface area contributed by atoms with Crippen molar-refractivity contribution in [2.24, 2.45) is 0 Å². The molecule has 0 aliphatic heterocycles. The van der Waals surface area contributed by atoms with E-state index in [1.165, 1.54) is 0 Å². The van der Waals surface area contributed by atoms with Gasteiger partial charge in [0.15, 0.2) is 0 Å². The molecule has 0 fully saturated rings. The van der Waals surface area contributed by atoms with Crippen LogP contribution in [0.15, 0.2) is 47.4 Å². The first-order valence-electron chi connectivity index (χ1n) is 5.18. The van der Waals surface area contributed by atoms with Gasteiger partial charge in [0.25, 0.3) is 5.56 Å². The number of pyridine rings is 1. The molecule has 0 bridgehead atoms. The predicted octanol–water partition coefficient (Wildman–Crippen LogP) is 1.79. The monoisotopic (exact) mass is 214 g/mol. The fourth-order valence-corrected chi connectivity index (χ4v) is 1.65. The van der Waals surface area contributed by atoms with Gasteiger partial charge in [0.1, 0.15) is 0 Å². The molecule has 0 radical (unpaired) electrons. The number of rotatable bonds is 2. The normalized spacial score (nSPS) is 10.3. The van der Waals surface area contributed by atoms with Crippen molar-refractivity contribution in [3.05, 3.63) is 64.1 Å². The largest absolute Gasteiger partial charge is 0.399 e. The molecule has 0 aliphatic rings. The molecule has 0 unspecified atom stereocenters. The van der Waals surface area contributed by atoms with Crippen LogP contribution in [0.2, 0.25) is 0 Å². The summed E-state index contributed by atoms with van der Waals surface area (Å²) in [6.07, 6.45) is 1.78. The Hall–Kier alpha value is -2.03. The Bertz CT molecular complexity index is 558. The molecule has 0 spiro atoms. The third-order valence-corrected chi connectivity index (χ3v) is 2.73.